The van der Waals surface area contributed by atoms with Gasteiger partial charge in [-0.25, -0.2) is 4.79 Å². The lowest BCUT2D eigenvalue weighted by atomic mass is 9.90. The van der Waals surface area contributed by atoms with E-state index in [1.807, 2.05) is 12.1 Å². The average Bonchev–Trinajstić information content (AvgIpc) is 3.06. The molecule has 3 rings (SSSR count). The predicted octanol–water partition coefficient (Wildman–Crippen LogP) is 3.07. The van der Waals surface area contributed by atoms with Gasteiger partial charge in [0.2, 0.25) is 0 Å². The molecule has 148 valence electrons. The average molecular weight is 373 g/mol. The van der Waals surface area contributed by atoms with Gasteiger partial charge in [-0.1, -0.05) is 30.7 Å². The number of carbonyl (C=O) groups is 2. The molecule has 1 aromatic carbocycles. The highest BCUT2D eigenvalue weighted by atomic mass is 16.4. The van der Waals surface area contributed by atoms with Gasteiger partial charge in [-0.05, 0) is 50.8 Å². The number of nitrogens with one attached hydrogen (secondary N) is 1. The van der Waals surface area contributed by atoms with Crippen LogP contribution in [0.15, 0.2) is 24.3 Å². The fraction of sp³-hybridized carbons (Fsp3) is 0.619. The fourth-order valence-corrected chi connectivity index (χ4v) is 4.09. The molecule has 0 bridgehead atoms. The molecule has 2 atom stereocenters. The summed E-state index contributed by atoms with van der Waals surface area (Å²) in [5.41, 5.74) is 1.55. The lowest BCUT2D eigenvalue weighted by molar-refractivity contribution is -0.147. The number of carbonyl (C=O) groups excluding carboxylic acids is 1. The molecule has 2 unspecified atom stereocenters. The summed E-state index contributed by atoms with van der Waals surface area (Å²) in [7, 11) is 0. The number of likely N-dealkylation sites (tertiary alicyclic amines) is 2. The van der Waals surface area contributed by atoms with E-state index in [2.05, 4.69) is 29.3 Å². The van der Waals surface area contributed by atoms with E-state index in [9.17, 15) is 14.7 Å². The molecule has 0 saturated carbocycles. The monoisotopic (exact) mass is 373 g/mol. The SMILES string of the molecule is CC1CCCCN1Cc1ccccc1CNC(=O)N1CCC(C)(C(=O)O)C1. The van der Waals surface area contributed by atoms with Crippen molar-refractivity contribution in [1.29, 1.82) is 0 Å². The number of piperidine rings is 1. The molecule has 2 aliphatic rings. The van der Waals surface area contributed by atoms with E-state index < -0.39 is 11.4 Å². The number of carboxylic acid groups (broad SMARTS) is 1. The van der Waals surface area contributed by atoms with Crippen molar-refractivity contribution in [1.82, 2.24) is 15.1 Å². The van der Waals surface area contributed by atoms with Gasteiger partial charge in [0.15, 0.2) is 0 Å². The molecule has 1 aromatic rings. The summed E-state index contributed by atoms with van der Waals surface area (Å²) in [4.78, 5) is 28.0. The standard InChI is InChI=1S/C21H31N3O3/c1-16-7-5-6-11-23(16)14-18-9-4-3-8-17(18)13-22-20(27)24-12-10-21(2,15-24)19(25)26/h3-4,8-9,16H,5-7,10-15H2,1-2H3,(H,22,27)(H,25,26). The van der Waals surface area contributed by atoms with Crippen LogP contribution in [0.2, 0.25) is 0 Å². The van der Waals surface area contributed by atoms with Gasteiger partial charge in [-0.3, -0.25) is 9.69 Å². The van der Waals surface area contributed by atoms with E-state index in [-0.39, 0.29) is 12.6 Å². The quantitative estimate of drug-likeness (QED) is 0.832. The Labute approximate surface area is 161 Å². The van der Waals surface area contributed by atoms with Crippen LogP contribution in [-0.2, 0) is 17.9 Å². The van der Waals surface area contributed by atoms with Crippen molar-refractivity contribution in [2.75, 3.05) is 19.6 Å². The van der Waals surface area contributed by atoms with E-state index >= 15 is 0 Å². The lowest BCUT2D eigenvalue weighted by Gasteiger charge is -2.33. The molecule has 2 fully saturated rings. The van der Waals surface area contributed by atoms with Crippen LogP contribution in [0.25, 0.3) is 0 Å². The van der Waals surface area contributed by atoms with E-state index in [0.717, 1.165) is 18.7 Å². The van der Waals surface area contributed by atoms with Gasteiger partial charge in [0.1, 0.15) is 0 Å². The van der Waals surface area contributed by atoms with E-state index in [1.165, 1.54) is 24.8 Å². The number of amides is 2. The van der Waals surface area contributed by atoms with Crippen molar-refractivity contribution >= 4 is 12.0 Å². The van der Waals surface area contributed by atoms with Crippen molar-refractivity contribution in [3.63, 3.8) is 0 Å². The first kappa shape index (κ1) is 19.7. The zero-order valence-electron chi connectivity index (χ0n) is 16.4. The van der Waals surface area contributed by atoms with Gasteiger partial charge in [-0.2, -0.15) is 0 Å². The summed E-state index contributed by atoms with van der Waals surface area (Å²) < 4.78 is 0. The molecule has 2 N–H and O–H groups in total. The topological polar surface area (TPSA) is 72.9 Å². The normalized spacial score (nSPS) is 26.1. The number of aliphatic carboxylic acids is 1. The number of nitrogens with zero attached hydrogens (tertiary/aromatic N) is 2. The Hall–Kier alpha value is -2.08. The number of hydrogen-bond donors (Lipinski definition) is 2. The predicted molar refractivity (Wildman–Crippen MR) is 104 cm³/mol. The molecule has 2 aliphatic heterocycles. The third-order valence-electron chi connectivity index (χ3n) is 6.14. The second kappa shape index (κ2) is 8.30. The van der Waals surface area contributed by atoms with Crippen LogP contribution in [0.4, 0.5) is 4.79 Å². The molecular formula is C21H31N3O3. The second-order valence-electron chi connectivity index (χ2n) is 8.28. The molecule has 2 saturated heterocycles. The number of urea groups is 1. The molecule has 6 nitrogen and oxygen atoms in total. The molecular weight excluding hydrogens is 342 g/mol. The van der Waals surface area contributed by atoms with Gasteiger partial charge in [0, 0.05) is 32.2 Å². The molecule has 2 heterocycles. The highest BCUT2D eigenvalue weighted by Crippen LogP contribution is 2.30. The van der Waals surface area contributed by atoms with E-state index in [0.29, 0.717) is 25.6 Å². The lowest BCUT2D eigenvalue weighted by Crippen LogP contribution is -2.41. The van der Waals surface area contributed by atoms with E-state index in [1.54, 1.807) is 11.8 Å². The van der Waals surface area contributed by atoms with Gasteiger partial charge in [0.05, 0.1) is 5.41 Å². The highest BCUT2D eigenvalue weighted by Gasteiger charge is 2.42. The smallest absolute Gasteiger partial charge is 0.317 e. The van der Waals surface area contributed by atoms with Crippen molar-refractivity contribution in [3.8, 4) is 0 Å². The largest absolute Gasteiger partial charge is 0.481 e. The minimum Gasteiger partial charge on any atom is -0.481 e. The fourth-order valence-electron chi connectivity index (χ4n) is 4.09. The molecule has 2 amide bonds. The van der Waals surface area contributed by atoms with Crippen LogP contribution in [0.5, 0.6) is 0 Å². The van der Waals surface area contributed by atoms with Crippen molar-refractivity contribution in [3.05, 3.63) is 35.4 Å². The second-order valence-corrected chi connectivity index (χ2v) is 8.28. The first-order valence-electron chi connectivity index (χ1n) is 9.96. The Kier molecular flexibility index (Phi) is 6.05. The Morgan fingerprint density at radius 3 is 2.63 bits per heavy atom. The number of hydrogen-bond acceptors (Lipinski definition) is 3. The van der Waals surface area contributed by atoms with Crippen LogP contribution in [0, 0.1) is 5.41 Å². The third-order valence-corrected chi connectivity index (χ3v) is 6.14. The summed E-state index contributed by atoms with van der Waals surface area (Å²) in [6.45, 7) is 7.26. The molecule has 0 aliphatic carbocycles. The zero-order valence-corrected chi connectivity index (χ0v) is 16.4. The Bertz CT molecular complexity index is 693. The van der Waals surface area contributed by atoms with Gasteiger partial charge in [-0.15, -0.1) is 0 Å². The maximum Gasteiger partial charge on any atom is 0.317 e. The van der Waals surface area contributed by atoms with Gasteiger partial charge >= 0.3 is 12.0 Å². The minimum atomic E-state index is -0.834. The van der Waals surface area contributed by atoms with Gasteiger partial charge in [0.25, 0.3) is 0 Å². The number of carboxylic acids is 1. The first-order valence-corrected chi connectivity index (χ1v) is 9.96. The Morgan fingerprint density at radius 2 is 1.96 bits per heavy atom. The zero-order chi connectivity index (χ0) is 19.4. The summed E-state index contributed by atoms with van der Waals surface area (Å²) in [5, 5.41) is 12.3. The summed E-state index contributed by atoms with van der Waals surface area (Å²) in [6.07, 6.45) is 4.30. The highest BCUT2D eigenvalue weighted by molar-refractivity contribution is 5.79. The van der Waals surface area contributed by atoms with Crippen LogP contribution in [-0.4, -0.2) is 52.6 Å². The molecule has 27 heavy (non-hydrogen) atoms. The molecule has 0 radical (unpaired) electrons. The van der Waals surface area contributed by atoms with Crippen molar-refractivity contribution < 1.29 is 14.7 Å². The molecule has 6 heteroatoms. The molecule has 0 aromatic heterocycles. The van der Waals surface area contributed by atoms with Crippen LogP contribution in [0.1, 0.15) is 50.7 Å². The maximum absolute atomic E-state index is 12.5. The third kappa shape index (κ3) is 4.61. The van der Waals surface area contributed by atoms with Crippen molar-refractivity contribution in [2.45, 2.75) is 58.7 Å². The van der Waals surface area contributed by atoms with Crippen LogP contribution in [0.3, 0.4) is 0 Å². The van der Waals surface area contributed by atoms with Crippen LogP contribution < -0.4 is 5.32 Å². The maximum atomic E-state index is 12.5. The Morgan fingerprint density at radius 1 is 1.22 bits per heavy atom. The minimum absolute atomic E-state index is 0.180. The summed E-state index contributed by atoms with van der Waals surface area (Å²) in [6, 6.07) is 8.67. The summed E-state index contributed by atoms with van der Waals surface area (Å²) >= 11 is 0. The molecule has 0 spiro atoms. The van der Waals surface area contributed by atoms with Crippen molar-refractivity contribution in [2.24, 2.45) is 5.41 Å². The number of rotatable bonds is 5. The summed E-state index contributed by atoms with van der Waals surface area (Å²) in [5.74, 6) is -0.834. The number of benzene rings is 1. The van der Waals surface area contributed by atoms with Crippen LogP contribution >= 0.6 is 0 Å². The first-order chi connectivity index (χ1) is 12.9. The Balaban J connectivity index is 1.58. The van der Waals surface area contributed by atoms with E-state index in [4.69, 9.17) is 0 Å². The van der Waals surface area contributed by atoms with Gasteiger partial charge < -0.3 is 15.3 Å².